The number of rotatable bonds is 1. The maximum absolute atomic E-state index is 5.89. The van der Waals surface area contributed by atoms with Gasteiger partial charge >= 0.3 is 7.12 Å². The van der Waals surface area contributed by atoms with Crippen LogP contribution in [0.4, 0.5) is 6.01 Å². The molecule has 1 aliphatic heterocycles. The second-order valence-corrected chi connectivity index (χ2v) is 5.11. The number of hydrogen-bond donors (Lipinski definition) is 1. The lowest BCUT2D eigenvalue weighted by molar-refractivity contribution is 0.0842. The van der Waals surface area contributed by atoms with E-state index in [1.54, 1.807) is 0 Å². The fraction of sp³-hybridized carbons (Fsp3) is 0.417. The number of benzene rings is 1. The Labute approximate surface area is 105 Å². The number of nitrogens with zero attached hydrogens (tertiary/aromatic N) is 1. The third-order valence-corrected chi connectivity index (χ3v) is 3.42. The quantitative estimate of drug-likeness (QED) is 0.768. The Bertz CT molecular complexity index is 596. The lowest BCUT2D eigenvalue weighted by Gasteiger charge is -2.21. The molecule has 2 heterocycles. The van der Waals surface area contributed by atoms with Gasteiger partial charge in [0.1, 0.15) is 5.52 Å². The van der Waals surface area contributed by atoms with E-state index in [0.29, 0.717) is 5.58 Å². The van der Waals surface area contributed by atoms with E-state index >= 15 is 0 Å². The van der Waals surface area contributed by atoms with Crippen LogP contribution in [0.1, 0.15) is 20.8 Å². The van der Waals surface area contributed by atoms with Crippen LogP contribution in [0, 0.1) is 0 Å². The second-order valence-electron chi connectivity index (χ2n) is 5.11. The van der Waals surface area contributed by atoms with Crippen LogP contribution in [-0.4, -0.2) is 23.8 Å². The topological polar surface area (TPSA) is 70.5 Å². The Balaban J connectivity index is 1.95. The molecular weight excluding hydrogens is 231 g/mol. The average Bonchev–Trinajstić information content (AvgIpc) is 2.77. The molecule has 0 spiro atoms. The largest absolute Gasteiger partial charge is 0.494 e. The van der Waals surface area contributed by atoms with Gasteiger partial charge in [-0.3, -0.25) is 0 Å². The smallest absolute Gasteiger partial charge is 0.424 e. The van der Waals surface area contributed by atoms with Gasteiger partial charge in [-0.2, -0.15) is 4.98 Å². The zero-order valence-corrected chi connectivity index (χ0v) is 10.6. The minimum absolute atomic E-state index is 0.0422. The minimum Gasteiger partial charge on any atom is -0.424 e. The molecule has 0 bridgehead atoms. The fourth-order valence-electron chi connectivity index (χ4n) is 2.00. The van der Waals surface area contributed by atoms with Crippen LogP contribution < -0.4 is 11.2 Å². The molecule has 0 radical (unpaired) electrons. The minimum atomic E-state index is -0.364. The third kappa shape index (κ3) is 1.78. The molecule has 3 rings (SSSR count). The van der Waals surface area contributed by atoms with Crippen molar-refractivity contribution in [2.24, 2.45) is 0 Å². The van der Waals surface area contributed by atoms with Crippen LogP contribution in [0.5, 0.6) is 0 Å². The summed E-state index contributed by atoms with van der Waals surface area (Å²) in [5.41, 5.74) is 7.54. The van der Waals surface area contributed by atoms with Crippen LogP contribution in [0.15, 0.2) is 22.6 Å². The molecule has 1 atom stereocenters. The summed E-state index contributed by atoms with van der Waals surface area (Å²) < 4.78 is 16.9. The van der Waals surface area contributed by atoms with E-state index in [1.165, 1.54) is 0 Å². The van der Waals surface area contributed by atoms with E-state index in [0.717, 1.165) is 11.0 Å². The Morgan fingerprint density at radius 1 is 1.39 bits per heavy atom. The summed E-state index contributed by atoms with van der Waals surface area (Å²) in [5, 5.41) is 0. The van der Waals surface area contributed by atoms with Crippen LogP contribution in [0.2, 0.25) is 0 Å². The van der Waals surface area contributed by atoms with Gasteiger partial charge in [0.2, 0.25) is 0 Å². The standard InChI is InChI=1S/C12H15BN2O3/c1-7-12(2,3)18-13(17-7)8-4-5-10-9(6-8)15-11(14)16-10/h4-7H,1-3H3,(H2,14,15). The zero-order valence-electron chi connectivity index (χ0n) is 10.6. The van der Waals surface area contributed by atoms with Crippen molar-refractivity contribution in [3.05, 3.63) is 18.2 Å². The number of hydrogen-bond acceptors (Lipinski definition) is 5. The molecule has 0 amide bonds. The monoisotopic (exact) mass is 246 g/mol. The van der Waals surface area contributed by atoms with Crippen molar-refractivity contribution < 1.29 is 13.7 Å². The molecule has 1 unspecified atom stereocenters. The van der Waals surface area contributed by atoms with Crippen molar-refractivity contribution in [2.75, 3.05) is 5.73 Å². The summed E-state index contributed by atoms with van der Waals surface area (Å²) in [4.78, 5) is 4.10. The molecule has 2 N–H and O–H groups in total. The molecular formula is C12H15BN2O3. The van der Waals surface area contributed by atoms with Crippen molar-refractivity contribution >= 4 is 29.7 Å². The van der Waals surface area contributed by atoms with Gasteiger partial charge < -0.3 is 19.5 Å². The normalized spacial score (nSPS) is 22.8. The Kier molecular flexibility index (Phi) is 2.40. The predicted molar refractivity (Wildman–Crippen MR) is 69.5 cm³/mol. The summed E-state index contributed by atoms with van der Waals surface area (Å²) in [7, 11) is -0.364. The van der Waals surface area contributed by atoms with Gasteiger partial charge in [0.05, 0.1) is 11.7 Å². The highest BCUT2D eigenvalue weighted by Gasteiger charge is 2.43. The highest BCUT2D eigenvalue weighted by Crippen LogP contribution is 2.27. The maximum Gasteiger partial charge on any atom is 0.494 e. The highest BCUT2D eigenvalue weighted by molar-refractivity contribution is 6.62. The van der Waals surface area contributed by atoms with Gasteiger partial charge in [0.25, 0.3) is 6.01 Å². The molecule has 18 heavy (non-hydrogen) atoms. The van der Waals surface area contributed by atoms with Crippen LogP contribution in [0.3, 0.4) is 0 Å². The highest BCUT2D eigenvalue weighted by atomic mass is 16.7. The van der Waals surface area contributed by atoms with Gasteiger partial charge in [0, 0.05) is 0 Å². The first-order valence-corrected chi connectivity index (χ1v) is 5.95. The predicted octanol–water partition coefficient (Wildman–Crippen LogP) is 1.32. The second kappa shape index (κ2) is 3.73. The van der Waals surface area contributed by atoms with E-state index in [-0.39, 0.29) is 24.8 Å². The van der Waals surface area contributed by atoms with E-state index in [1.807, 2.05) is 39.0 Å². The van der Waals surface area contributed by atoms with E-state index in [2.05, 4.69) is 4.98 Å². The van der Waals surface area contributed by atoms with Crippen LogP contribution in [-0.2, 0) is 9.31 Å². The summed E-state index contributed by atoms with van der Waals surface area (Å²) in [5.74, 6) is 0. The molecule has 1 saturated heterocycles. The molecule has 0 saturated carbocycles. The molecule has 1 fully saturated rings. The molecule has 2 aromatic rings. The van der Waals surface area contributed by atoms with E-state index < -0.39 is 0 Å². The summed E-state index contributed by atoms with van der Waals surface area (Å²) in [6, 6.07) is 5.79. The van der Waals surface area contributed by atoms with Gasteiger partial charge in [-0.1, -0.05) is 6.07 Å². The SMILES string of the molecule is CC1OB(c2ccc3oc(N)nc3c2)OC1(C)C. The van der Waals surface area contributed by atoms with Crippen molar-refractivity contribution in [3.8, 4) is 0 Å². The molecule has 1 aromatic carbocycles. The van der Waals surface area contributed by atoms with Crippen molar-refractivity contribution in [1.82, 2.24) is 4.98 Å². The zero-order chi connectivity index (χ0) is 12.9. The maximum atomic E-state index is 5.89. The third-order valence-electron chi connectivity index (χ3n) is 3.42. The number of anilines is 1. The van der Waals surface area contributed by atoms with Gasteiger partial charge in [0.15, 0.2) is 5.58 Å². The average molecular weight is 246 g/mol. The van der Waals surface area contributed by atoms with Crippen LogP contribution >= 0.6 is 0 Å². The Morgan fingerprint density at radius 2 is 2.17 bits per heavy atom. The molecule has 1 aliphatic rings. The number of nitrogens with two attached hydrogens (primary N) is 1. The van der Waals surface area contributed by atoms with E-state index in [4.69, 9.17) is 19.5 Å². The first-order valence-electron chi connectivity index (χ1n) is 5.95. The van der Waals surface area contributed by atoms with Gasteiger partial charge in [-0.15, -0.1) is 0 Å². The fourth-order valence-corrected chi connectivity index (χ4v) is 2.00. The van der Waals surface area contributed by atoms with Crippen molar-refractivity contribution in [1.29, 1.82) is 0 Å². The number of fused-ring (bicyclic) bond motifs is 1. The van der Waals surface area contributed by atoms with Crippen LogP contribution in [0.25, 0.3) is 11.1 Å². The Hall–Kier alpha value is -1.53. The van der Waals surface area contributed by atoms with E-state index in [9.17, 15) is 0 Å². The summed E-state index contributed by atoms with van der Waals surface area (Å²) >= 11 is 0. The number of oxazole rings is 1. The summed E-state index contributed by atoms with van der Waals surface area (Å²) in [6.45, 7) is 6.04. The molecule has 5 nitrogen and oxygen atoms in total. The molecule has 94 valence electrons. The summed E-state index contributed by atoms with van der Waals surface area (Å²) in [6.07, 6.45) is 0.0422. The first-order chi connectivity index (χ1) is 8.45. The molecule has 1 aromatic heterocycles. The van der Waals surface area contributed by atoms with Gasteiger partial charge in [-0.25, -0.2) is 0 Å². The molecule has 0 aliphatic carbocycles. The van der Waals surface area contributed by atoms with Gasteiger partial charge in [-0.05, 0) is 38.4 Å². The Morgan fingerprint density at radius 3 is 2.83 bits per heavy atom. The number of nitrogen functional groups attached to an aromatic ring is 1. The number of aromatic nitrogens is 1. The van der Waals surface area contributed by atoms with Crippen molar-refractivity contribution in [2.45, 2.75) is 32.5 Å². The lowest BCUT2D eigenvalue weighted by Crippen LogP contribution is -2.34. The molecule has 6 heteroatoms. The first kappa shape index (κ1) is 11.6. The van der Waals surface area contributed by atoms with Crippen molar-refractivity contribution in [3.63, 3.8) is 0 Å². The lowest BCUT2D eigenvalue weighted by atomic mass is 9.79.